The Labute approximate surface area is 84.4 Å². The van der Waals surface area contributed by atoms with Crippen LogP contribution in [0.4, 0.5) is 0 Å². The standard InChI is InChI=1S/C13H14O/c1-10-5-6-12(11(2)8-10)9-13-4-3-7-14-13/h3-8H,9H2,1-2H3. The summed E-state index contributed by atoms with van der Waals surface area (Å²) in [4.78, 5) is 0. The highest BCUT2D eigenvalue weighted by Gasteiger charge is 2.01. The molecule has 0 aliphatic rings. The number of benzene rings is 1. The summed E-state index contributed by atoms with van der Waals surface area (Å²) in [6.45, 7) is 4.26. The maximum atomic E-state index is 5.32. The second-order valence-corrected chi connectivity index (χ2v) is 3.69. The van der Waals surface area contributed by atoms with Crippen LogP contribution >= 0.6 is 0 Å². The van der Waals surface area contributed by atoms with Crippen molar-refractivity contribution in [3.8, 4) is 0 Å². The molecule has 1 aromatic heterocycles. The van der Waals surface area contributed by atoms with Crippen LogP contribution < -0.4 is 0 Å². The fourth-order valence-electron chi connectivity index (χ4n) is 1.65. The average Bonchev–Trinajstić information content (AvgIpc) is 2.62. The molecule has 0 N–H and O–H groups in total. The highest BCUT2D eigenvalue weighted by Crippen LogP contribution is 2.15. The molecule has 1 heteroatoms. The lowest BCUT2D eigenvalue weighted by Crippen LogP contribution is -1.90. The van der Waals surface area contributed by atoms with Gasteiger partial charge >= 0.3 is 0 Å². The van der Waals surface area contributed by atoms with Crippen molar-refractivity contribution in [2.45, 2.75) is 20.3 Å². The summed E-state index contributed by atoms with van der Waals surface area (Å²) < 4.78 is 5.32. The van der Waals surface area contributed by atoms with E-state index in [0.29, 0.717) is 0 Å². The molecule has 0 aliphatic heterocycles. The first-order valence-electron chi connectivity index (χ1n) is 4.84. The average molecular weight is 186 g/mol. The fourth-order valence-corrected chi connectivity index (χ4v) is 1.65. The Bertz CT molecular complexity index is 413. The first-order valence-corrected chi connectivity index (χ1v) is 4.84. The van der Waals surface area contributed by atoms with Gasteiger partial charge in [-0.05, 0) is 37.1 Å². The predicted octanol–water partition coefficient (Wildman–Crippen LogP) is 3.49. The lowest BCUT2D eigenvalue weighted by molar-refractivity contribution is 0.520. The molecule has 0 spiro atoms. The van der Waals surface area contributed by atoms with Crippen molar-refractivity contribution < 1.29 is 4.42 Å². The molecule has 0 bridgehead atoms. The minimum atomic E-state index is 0.888. The van der Waals surface area contributed by atoms with Crippen LogP contribution in [0.2, 0.25) is 0 Å². The highest BCUT2D eigenvalue weighted by molar-refractivity contribution is 5.32. The third-order valence-electron chi connectivity index (χ3n) is 2.44. The topological polar surface area (TPSA) is 13.1 Å². The molecule has 0 atom stereocenters. The van der Waals surface area contributed by atoms with E-state index in [9.17, 15) is 0 Å². The second-order valence-electron chi connectivity index (χ2n) is 3.69. The zero-order valence-electron chi connectivity index (χ0n) is 8.58. The van der Waals surface area contributed by atoms with E-state index in [4.69, 9.17) is 4.42 Å². The van der Waals surface area contributed by atoms with E-state index in [2.05, 4.69) is 32.0 Å². The zero-order chi connectivity index (χ0) is 9.97. The monoisotopic (exact) mass is 186 g/mol. The molecule has 0 radical (unpaired) electrons. The van der Waals surface area contributed by atoms with Crippen molar-refractivity contribution in [3.63, 3.8) is 0 Å². The van der Waals surface area contributed by atoms with Gasteiger partial charge in [-0.3, -0.25) is 0 Å². The van der Waals surface area contributed by atoms with Crippen molar-refractivity contribution >= 4 is 0 Å². The van der Waals surface area contributed by atoms with Gasteiger partial charge in [0, 0.05) is 6.42 Å². The van der Waals surface area contributed by atoms with Gasteiger partial charge in [-0.25, -0.2) is 0 Å². The number of aryl methyl sites for hydroxylation is 2. The number of hydrogen-bond donors (Lipinski definition) is 0. The zero-order valence-corrected chi connectivity index (χ0v) is 8.58. The summed E-state index contributed by atoms with van der Waals surface area (Å²) in [5.41, 5.74) is 3.98. The first kappa shape index (κ1) is 9.07. The second kappa shape index (κ2) is 3.70. The van der Waals surface area contributed by atoms with Crippen LogP contribution in [-0.4, -0.2) is 0 Å². The Balaban J connectivity index is 2.25. The molecule has 0 saturated heterocycles. The molecule has 1 heterocycles. The van der Waals surface area contributed by atoms with Crippen molar-refractivity contribution in [2.24, 2.45) is 0 Å². The normalized spacial score (nSPS) is 10.4. The number of hydrogen-bond acceptors (Lipinski definition) is 1. The molecule has 0 amide bonds. The van der Waals surface area contributed by atoms with Crippen molar-refractivity contribution in [1.82, 2.24) is 0 Å². The van der Waals surface area contributed by atoms with Crippen LogP contribution in [0.25, 0.3) is 0 Å². The molecule has 72 valence electrons. The Kier molecular flexibility index (Phi) is 2.40. The van der Waals surface area contributed by atoms with Gasteiger partial charge < -0.3 is 4.42 Å². The molecular weight excluding hydrogens is 172 g/mol. The summed E-state index contributed by atoms with van der Waals surface area (Å²) in [5, 5.41) is 0. The van der Waals surface area contributed by atoms with Crippen LogP contribution in [0.3, 0.4) is 0 Å². The van der Waals surface area contributed by atoms with Crippen molar-refractivity contribution in [2.75, 3.05) is 0 Å². The summed E-state index contributed by atoms with van der Waals surface area (Å²) in [5.74, 6) is 1.02. The van der Waals surface area contributed by atoms with Crippen molar-refractivity contribution in [3.05, 3.63) is 59.0 Å². The minimum absolute atomic E-state index is 0.888. The largest absolute Gasteiger partial charge is 0.469 e. The van der Waals surface area contributed by atoms with E-state index >= 15 is 0 Å². The summed E-state index contributed by atoms with van der Waals surface area (Å²) >= 11 is 0. The molecule has 0 fully saturated rings. The van der Waals surface area contributed by atoms with Gasteiger partial charge in [-0.2, -0.15) is 0 Å². The van der Waals surface area contributed by atoms with Gasteiger partial charge in [0.1, 0.15) is 5.76 Å². The van der Waals surface area contributed by atoms with Crippen LogP contribution in [0.15, 0.2) is 41.0 Å². The molecule has 2 aromatic rings. The van der Waals surface area contributed by atoms with Gasteiger partial charge in [0.25, 0.3) is 0 Å². The van der Waals surface area contributed by atoms with E-state index in [1.165, 1.54) is 16.7 Å². The molecule has 1 aromatic carbocycles. The molecule has 2 rings (SSSR count). The molecule has 0 aliphatic carbocycles. The molecule has 14 heavy (non-hydrogen) atoms. The van der Waals surface area contributed by atoms with E-state index in [-0.39, 0.29) is 0 Å². The molecule has 1 nitrogen and oxygen atoms in total. The Morgan fingerprint density at radius 1 is 1.14 bits per heavy atom. The van der Waals surface area contributed by atoms with Crippen LogP contribution in [0.1, 0.15) is 22.5 Å². The Hall–Kier alpha value is -1.50. The lowest BCUT2D eigenvalue weighted by atomic mass is 10.0. The van der Waals surface area contributed by atoms with E-state index in [0.717, 1.165) is 12.2 Å². The quantitative estimate of drug-likeness (QED) is 0.699. The van der Waals surface area contributed by atoms with Gasteiger partial charge in [-0.15, -0.1) is 0 Å². The van der Waals surface area contributed by atoms with Crippen LogP contribution in [0, 0.1) is 13.8 Å². The van der Waals surface area contributed by atoms with E-state index < -0.39 is 0 Å². The fraction of sp³-hybridized carbons (Fsp3) is 0.231. The molecule has 0 saturated carbocycles. The maximum Gasteiger partial charge on any atom is 0.108 e. The summed E-state index contributed by atoms with van der Waals surface area (Å²) in [7, 11) is 0. The minimum Gasteiger partial charge on any atom is -0.469 e. The predicted molar refractivity (Wildman–Crippen MR) is 57.4 cm³/mol. The third-order valence-corrected chi connectivity index (χ3v) is 2.44. The lowest BCUT2D eigenvalue weighted by Gasteiger charge is -2.04. The third kappa shape index (κ3) is 1.87. The van der Waals surface area contributed by atoms with Gasteiger partial charge in [0.2, 0.25) is 0 Å². The number of rotatable bonds is 2. The summed E-state index contributed by atoms with van der Waals surface area (Å²) in [6, 6.07) is 10.5. The Morgan fingerprint density at radius 2 is 2.00 bits per heavy atom. The summed E-state index contributed by atoms with van der Waals surface area (Å²) in [6.07, 6.45) is 2.61. The first-order chi connectivity index (χ1) is 6.75. The van der Waals surface area contributed by atoms with Crippen LogP contribution in [-0.2, 0) is 6.42 Å². The highest BCUT2D eigenvalue weighted by atomic mass is 16.3. The van der Waals surface area contributed by atoms with E-state index in [1.807, 2.05) is 12.1 Å². The van der Waals surface area contributed by atoms with Gasteiger partial charge in [-0.1, -0.05) is 23.8 Å². The maximum absolute atomic E-state index is 5.32. The van der Waals surface area contributed by atoms with Gasteiger partial charge in [0.15, 0.2) is 0 Å². The van der Waals surface area contributed by atoms with Crippen molar-refractivity contribution in [1.29, 1.82) is 0 Å². The number of furan rings is 1. The van der Waals surface area contributed by atoms with E-state index in [1.54, 1.807) is 6.26 Å². The Morgan fingerprint density at radius 3 is 2.64 bits per heavy atom. The van der Waals surface area contributed by atoms with Crippen LogP contribution in [0.5, 0.6) is 0 Å². The molecule has 0 unspecified atom stereocenters. The van der Waals surface area contributed by atoms with Gasteiger partial charge in [0.05, 0.1) is 6.26 Å². The SMILES string of the molecule is Cc1ccc(Cc2ccco2)c(C)c1. The molecular formula is C13H14O. The smallest absolute Gasteiger partial charge is 0.108 e.